The van der Waals surface area contributed by atoms with Gasteiger partial charge in [0, 0.05) is 19.3 Å². The van der Waals surface area contributed by atoms with Crippen molar-refractivity contribution in [2.45, 2.75) is 187 Å². The van der Waals surface area contributed by atoms with Gasteiger partial charge in [-0.1, -0.05) is 170 Å². The SMILES string of the molecule is CC/C=C/C/C=C/C/C=C/C/C=C/C/C=C/C/C=C/CCCC(=O)OC(COCCC(C(=O)[O-])[N+](C)(C)C)COC(=O)CCCCCCCCCCCCCCCC. The third-order valence-electron chi connectivity index (χ3n) is 9.86. The summed E-state index contributed by atoms with van der Waals surface area (Å²) in [6.45, 7) is 4.48. The van der Waals surface area contributed by atoms with E-state index in [2.05, 4.69) is 86.8 Å². The molecular weight excluding hydrogens is 727 g/mol. The smallest absolute Gasteiger partial charge is 0.306 e. The minimum absolute atomic E-state index is 0.0158. The predicted octanol–water partition coefficient (Wildman–Crippen LogP) is 11.4. The van der Waals surface area contributed by atoms with E-state index in [1.54, 1.807) is 21.1 Å². The number of ether oxygens (including phenoxy) is 3. The number of esters is 2. The summed E-state index contributed by atoms with van der Waals surface area (Å²) >= 11 is 0. The van der Waals surface area contributed by atoms with Crippen LogP contribution in [0.4, 0.5) is 0 Å². The van der Waals surface area contributed by atoms with Crippen LogP contribution in [0.3, 0.4) is 0 Å². The lowest BCUT2D eigenvalue weighted by Gasteiger charge is -2.34. The largest absolute Gasteiger partial charge is 0.544 e. The zero-order valence-corrected chi connectivity index (χ0v) is 37.7. The molecule has 332 valence electrons. The first kappa shape index (κ1) is 54.8. The topological polar surface area (TPSA) is 102 Å². The van der Waals surface area contributed by atoms with Gasteiger partial charge in [-0.2, -0.15) is 0 Å². The molecule has 2 unspecified atom stereocenters. The van der Waals surface area contributed by atoms with E-state index in [1.165, 1.54) is 70.6 Å². The van der Waals surface area contributed by atoms with Gasteiger partial charge in [-0.15, -0.1) is 0 Å². The van der Waals surface area contributed by atoms with Gasteiger partial charge in [-0.3, -0.25) is 9.59 Å². The Morgan fingerprint density at radius 3 is 1.41 bits per heavy atom. The Bertz CT molecular complexity index is 1180. The molecule has 0 saturated carbocycles. The van der Waals surface area contributed by atoms with Crippen molar-refractivity contribution >= 4 is 17.9 Å². The Hall–Kier alpha value is -3.23. The summed E-state index contributed by atoms with van der Waals surface area (Å²) in [6, 6.07) is -0.738. The number of carbonyl (C=O) groups excluding carboxylic acids is 3. The molecule has 0 heterocycles. The normalized spacial score (nSPS) is 13.6. The highest BCUT2D eigenvalue weighted by molar-refractivity contribution is 5.70. The maximum Gasteiger partial charge on any atom is 0.306 e. The lowest BCUT2D eigenvalue weighted by Crippen LogP contribution is -2.55. The lowest BCUT2D eigenvalue weighted by atomic mass is 10.0. The molecule has 0 saturated heterocycles. The standard InChI is InChI=1S/C50H85NO7/c1-6-8-10-12-14-16-18-20-22-23-24-25-26-27-29-31-33-35-37-39-41-49(53)58-46(44-56-43-42-47(50(54)55)51(3,4)5)45-57-48(52)40-38-36-34-32-30-28-21-19-17-15-13-11-9-7-2/h8,10,14,16,20,22,24-25,27,29,33,35,46-47H,6-7,9,11-13,15,17-19,21,23,26,28,30-32,34,36-45H2,1-5H3/b10-8+,16-14+,22-20+,25-24+,29-27+,35-33+. The van der Waals surface area contributed by atoms with Crippen LogP contribution in [0.25, 0.3) is 0 Å². The molecule has 8 nitrogen and oxygen atoms in total. The molecule has 0 fully saturated rings. The number of unbranched alkanes of at least 4 members (excludes halogenated alkanes) is 14. The number of carbonyl (C=O) groups is 3. The van der Waals surface area contributed by atoms with Crippen molar-refractivity contribution in [1.29, 1.82) is 0 Å². The average molecular weight is 812 g/mol. The van der Waals surface area contributed by atoms with Crippen LogP contribution < -0.4 is 5.11 Å². The van der Waals surface area contributed by atoms with E-state index in [0.29, 0.717) is 12.8 Å². The predicted molar refractivity (Wildman–Crippen MR) is 240 cm³/mol. The maximum absolute atomic E-state index is 12.7. The van der Waals surface area contributed by atoms with Crippen molar-refractivity contribution in [1.82, 2.24) is 0 Å². The number of hydrogen-bond acceptors (Lipinski definition) is 7. The number of carboxylic acids is 1. The second kappa shape index (κ2) is 40.5. The summed E-state index contributed by atoms with van der Waals surface area (Å²) in [5.41, 5.74) is 0. The second-order valence-electron chi connectivity index (χ2n) is 16.3. The first-order chi connectivity index (χ1) is 28.1. The monoisotopic (exact) mass is 812 g/mol. The van der Waals surface area contributed by atoms with Gasteiger partial charge in [0.1, 0.15) is 12.6 Å². The maximum atomic E-state index is 12.7. The number of aliphatic carboxylic acids is 1. The highest BCUT2D eigenvalue weighted by Gasteiger charge is 2.25. The zero-order valence-electron chi connectivity index (χ0n) is 37.7. The van der Waals surface area contributed by atoms with E-state index in [-0.39, 0.29) is 49.1 Å². The van der Waals surface area contributed by atoms with Crippen molar-refractivity contribution < 1.29 is 38.2 Å². The molecule has 0 aromatic carbocycles. The molecule has 0 aliphatic rings. The Morgan fingerprint density at radius 2 is 0.966 bits per heavy atom. The fraction of sp³-hybridized carbons (Fsp3) is 0.700. The van der Waals surface area contributed by atoms with Crippen molar-refractivity contribution in [3.05, 3.63) is 72.9 Å². The summed E-state index contributed by atoms with van der Waals surface area (Å²) in [5.74, 6) is -1.81. The molecule has 0 rings (SSSR count). The minimum atomic E-state index is -1.14. The first-order valence-corrected chi connectivity index (χ1v) is 23.0. The third-order valence-corrected chi connectivity index (χ3v) is 9.86. The molecular formula is C50H85NO7. The van der Waals surface area contributed by atoms with Gasteiger partial charge >= 0.3 is 11.9 Å². The van der Waals surface area contributed by atoms with Gasteiger partial charge in [0.05, 0.1) is 40.3 Å². The average Bonchev–Trinajstić information content (AvgIpc) is 3.18. The number of likely N-dealkylation sites (N-methyl/N-ethyl adjacent to an activating group) is 1. The van der Waals surface area contributed by atoms with Crippen LogP contribution in [0.5, 0.6) is 0 Å². The summed E-state index contributed by atoms with van der Waals surface area (Å²) in [4.78, 5) is 36.9. The van der Waals surface area contributed by atoms with Gasteiger partial charge in [-0.25, -0.2) is 0 Å². The number of hydrogen-bond donors (Lipinski definition) is 0. The van der Waals surface area contributed by atoms with Crippen LogP contribution >= 0.6 is 0 Å². The van der Waals surface area contributed by atoms with E-state index in [9.17, 15) is 19.5 Å². The summed E-state index contributed by atoms with van der Waals surface area (Å²) < 4.78 is 17.1. The van der Waals surface area contributed by atoms with E-state index in [0.717, 1.165) is 64.2 Å². The molecule has 0 aromatic heterocycles. The van der Waals surface area contributed by atoms with Gasteiger partial charge < -0.3 is 28.6 Å². The molecule has 0 amide bonds. The van der Waals surface area contributed by atoms with Crippen LogP contribution in [0.15, 0.2) is 72.9 Å². The molecule has 0 aromatic rings. The second-order valence-corrected chi connectivity index (χ2v) is 16.3. The first-order valence-electron chi connectivity index (χ1n) is 23.0. The Kier molecular flexibility index (Phi) is 38.3. The van der Waals surface area contributed by atoms with Crippen molar-refractivity contribution in [3.63, 3.8) is 0 Å². The van der Waals surface area contributed by atoms with Crippen molar-refractivity contribution in [2.24, 2.45) is 0 Å². The van der Waals surface area contributed by atoms with E-state index in [4.69, 9.17) is 14.2 Å². The van der Waals surface area contributed by atoms with Crippen LogP contribution in [-0.4, -0.2) is 75.5 Å². The number of nitrogens with zero attached hydrogens (tertiary/aromatic N) is 1. The van der Waals surface area contributed by atoms with Crippen LogP contribution in [0.1, 0.15) is 174 Å². The zero-order chi connectivity index (χ0) is 42.8. The van der Waals surface area contributed by atoms with Crippen LogP contribution in [-0.2, 0) is 28.6 Å². The molecule has 0 radical (unpaired) electrons. The summed E-state index contributed by atoms with van der Waals surface area (Å²) in [5, 5.41) is 11.6. The minimum Gasteiger partial charge on any atom is -0.544 e. The molecule has 2 atom stereocenters. The van der Waals surface area contributed by atoms with Crippen molar-refractivity contribution in [2.75, 3.05) is 41.0 Å². The number of allylic oxidation sites excluding steroid dienone is 12. The third kappa shape index (κ3) is 38.3. The molecule has 58 heavy (non-hydrogen) atoms. The fourth-order valence-electron chi connectivity index (χ4n) is 6.32. The van der Waals surface area contributed by atoms with Crippen LogP contribution in [0, 0.1) is 0 Å². The van der Waals surface area contributed by atoms with Gasteiger partial charge in [0.25, 0.3) is 0 Å². The highest BCUT2D eigenvalue weighted by Crippen LogP contribution is 2.14. The number of quaternary nitrogens is 1. The van der Waals surface area contributed by atoms with E-state index < -0.39 is 18.1 Å². The molecule has 0 spiro atoms. The molecule has 0 N–H and O–H groups in total. The Morgan fingerprint density at radius 1 is 0.534 bits per heavy atom. The number of carboxylic acid groups (broad SMARTS) is 1. The quantitative estimate of drug-likeness (QED) is 0.0263. The van der Waals surface area contributed by atoms with Gasteiger partial charge in [0.15, 0.2) is 6.10 Å². The molecule has 0 aliphatic carbocycles. The summed E-state index contributed by atoms with van der Waals surface area (Å²) in [6.07, 6.45) is 50.7. The highest BCUT2D eigenvalue weighted by atomic mass is 16.6. The molecule has 0 bridgehead atoms. The Labute approximate surface area is 355 Å². The van der Waals surface area contributed by atoms with Crippen LogP contribution in [0.2, 0.25) is 0 Å². The van der Waals surface area contributed by atoms with Crippen molar-refractivity contribution in [3.8, 4) is 0 Å². The van der Waals surface area contributed by atoms with E-state index >= 15 is 0 Å². The lowest BCUT2D eigenvalue weighted by molar-refractivity contribution is -0.889. The number of rotatable bonds is 40. The van der Waals surface area contributed by atoms with Gasteiger partial charge in [-0.05, 0) is 57.8 Å². The molecule has 8 heteroatoms. The van der Waals surface area contributed by atoms with Gasteiger partial charge in [0.2, 0.25) is 0 Å². The summed E-state index contributed by atoms with van der Waals surface area (Å²) in [7, 11) is 5.38. The Balaban J connectivity index is 4.44. The van der Waals surface area contributed by atoms with E-state index in [1.807, 2.05) is 0 Å². The fourth-order valence-corrected chi connectivity index (χ4v) is 6.32. The molecule has 0 aliphatic heterocycles.